The van der Waals surface area contributed by atoms with Crippen LogP contribution in [0.1, 0.15) is 35.7 Å². The Morgan fingerprint density at radius 1 is 1.10 bits per heavy atom. The molecule has 0 spiro atoms. The van der Waals surface area contributed by atoms with Gasteiger partial charge in [0.25, 0.3) is 11.8 Å². The van der Waals surface area contributed by atoms with Crippen LogP contribution in [0.5, 0.6) is 11.6 Å². The summed E-state index contributed by atoms with van der Waals surface area (Å²) in [5, 5.41) is 2.73. The van der Waals surface area contributed by atoms with Gasteiger partial charge in [0, 0.05) is 43.2 Å². The van der Waals surface area contributed by atoms with Crippen LogP contribution < -0.4 is 15.0 Å². The van der Waals surface area contributed by atoms with Gasteiger partial charge in [0.15, 0.2) is 5.82 Å². The molecule has 4 rings (SSSR count). The number of nitrogens with zero attached hydrogens (tertiary/aromatic N) is 3. The minimum Gasteiger partial charge on any atom is -0.436 e. The number of ether oxygens (including phenoxy) is 1. The third kappa shape index (κ3) is 5.17. The van der Waals surface area contributed by atoms with E-state index < -0.39 is 0 Å². The lowest BCUT2D eigenvalue weighted by molar-refractivity contribution is 0.0950. The molecule has 1 aromatic heterocycles. The number of anilines is 1. The Balaban J connectivity index is 1.40. The van der Waals surface area contributed by atoms with E-state index in [9.17, 15) is 9.18 Å². The molecule has 31 heavy (non-hydrogen) atoms. The summed E-state index contributed by atoms with van der Waals surface area (Å²) in [6, 6.07) is 13.2. The number of piperidine rings is 1. The molecule has 0 bridgehead atoms. The first-order valence-electron chi connectivity index (χ1n) is 10.5. The van der Waals surface area contributed by atoms with Gasteiger partial charge in [0.2, 0.25) is 0 Å². The van der Waals surface area contributed by atoms with Crippen LogP contribution in [0.4, 0.5) is 10.2 Å². The molecule has 6 nitrogen and oxygen atoms in total. The molecule has 2 aromatic carbocycles. The number of rotatable bonds is 6. The molecule has 7 heteroatoms. The Morgan fingerprint density at radius 3 is 2.55 bits per heavy atom. The molecule has 1 fully saturated rings. The number of benzene rings is 2. The molecule has 1 aliphatic heterocycles. The van der Waals surface area contributed by atoms with Crippen LogP contribution in [0.25, 0.3) is 0 Å². The molecule has 1 amide bonds. The number of amides is 1. The lowest BCUT2D eigenvalue weighted by Crippen LogP contribution is -2.33. The number of carbonyl (C=O) groups excluding carboxylic acids is 1. The van der Waals surface area contributed by atoms with Crippen molar-refractivity contribution in [2.75, 3.05) is 18.0 Å². The molecule has 0 unspecified atom stereocenters. The summed E-state index contributed by atoms with van der Waals surface area (Å²) in [4.78, 5) is 23.4. The molecule has 160 valence electrons. The number of halogens is 1. The fourth-order valence-corrected chi connectivity index (χ4v) is 3.53. The van der Waals surface area contributed by atoms with Crippen LogP contribution in [0.15, 0.2) is 60.9 Å². The third-order valence-electron chi connectivity index (χ3n) is 5.46. The van der Waals surface area contributed by atoms with E-state index >= 15 is 0 Å². The van der Waals surface area contributed by atoms with Gasteiger partial charge >= 0.3 is 0 Å². The highest BCUT2D eigenvalue weighted by Crippen LogP contribution is 2.30. The fourth-order valence-electron chi connectivity index (χ4n) is 3.53. The first-order valence-corrected chi connectivity index (χ1v) is 10.5. The van der Waals surface area contributed by atoms with Gasteiger partial charge in [-0.25, -0.2) is 14.4 Å². The Morgan fingerprint density at radius 2 is 1.81 bits per heavy atom. The van der Waals surface area contributed by atoms with E-state index in [-0.39, 0.29) is 18.3 Å². The second-order valence-electron chi connectivity index (χ2n) is 7.76. The van der Waals surface area contributed by atoms with Gasteiger partial charge in [0.1, 0.15) is 11.6 Å². The van der Waals surface area contributed by atoms with Gasteiger partial charge in [0.05, 0.1) is 0 Å². The van der Waals surface area contributed by atoms with Gasteiger partial charge in [-0.2, -0.15) is 0 Å². The topological polar surface area (TPSA) is 67.3 Å². The third-order valence-corrected chi connectivity index (χ3v) is 5.46. The zero-order valence-corrected chi connectivity index (χ0v) is 17.4. The molecule has 1 saturated heterocycles. The average Bonchev–Trinajstić information content (AvgIpc) is 2.80. The number of carbonyl (C=O) groups is 1. The van der Waals surface area contributed by atoms with E-state index in [1.807, 2.05) is 0 Å². The normalized spacial score (nSPS) is 14.3. The quantitative estimate of drug-likeness (QED) is 0.633. The van der Waals surface area contributed by atoms with Crippen LogP contribution >= 0.6 is 0 Å². The van der Waals surface area contributed by atoms with Crippen molar-refractivity contribution in [3.05, 3.63) is 77.9 Å². The zero-order chi connectivity index (χ0) is 21.6. The first-order chi connectivity index (χ1) is 15.1. The second-order valence-corrected chi connectivity index (χ2v) is 7.76. The van der Waals surface area contributed by atoms with Gasteiger partial charge in [-0.05, 0) is 49.1 Å². The smallest absolute Gasteiger partial charge is 0.263 e. The maximum absolute atomic E-state index is 13.7. The zero-order valence-electron chi connectivity index (χ0n) is 17.4. The largest absolute Gasteiger partial charge is 0.436 e. The summed E-state index contributed by atoms with van der Waals surface area (Å²) >= 11 is 0. The molecule has 0 atom stereocenters. The van der Waals surface area contributed by atoms with E-state index in [0.29, 0.717) is 22.8 Å². The van der Waals surface area contributed by atoms with Crippen molar-refractivity contribution in [3.63, 3.8) is 0 Å². The van der Waals surface area contributed by atoms with E-state index in [2.05, 4.69) is 27.1 Å². The number of nitrogens with one attached hydrogen (secondary N) is 1. The van der Waals surface area contributed by atoms with Crippen molar-refractivity contribution in [1.82, 2.24) is 15.3 Å². The van der Waals surface area contributed by atoms with Crippen molar-refractivity contribution in [3.8, 4) is 11.6 Å². The lowest BCUT2D eigenvalue weighted by Gasteiger charge is -2.31. The minimum absolute atomic E-state index is 0.126. The van der Waals surface area contributed by atoms with Crippen molar-refractivity contribution >= 4 is 11.7 Å². The molecule has 1 N–H and O–H groups in total. The average molecular weight is 420 g/mol. The minimum atomic E-state index is -0.338. The standard InChI is InChI=1S/C24H25FN4O2/c1-17-10-14-29(15-11-17)22-24(27-13-12-26-22)31-20-8-6-18(7-9-20)23(30)28-16-19-4-2-3-5-21(19)25/h2-9,12-13,17H,10-11,14-16H2,1H3,(H,28,30). The summed E-state index contributed by atoms with van der Waals surface area (Å²) in [6.45, 7) is 4.25. The van der Waals surface area contributed by atoms with Crippen LogP contribution in [-0.4, -0.2) is 29.0 Å². The molecule has 2 heterocycles. The number of hydrogen-bond donors (Lipinski definition) is 1. The molecule has 0 aliphatic carbocycles. The summed E-state index contributed by atoms with van der Waals surface area (Å²) < 4.78 is 19.7. The second kappa shape index (κ2) is 9.55. The summed E-state index contributed by atoms with van der Waals surface area (Å²) in [5.74, 6) is 1.86. The summed E-state index contributed by atoms with van der Waals surface area (Å²) in [7, 11) is 0. The molecule has 0 saturated carbocycles. The van der Waals surface area contributed by atoms with Crippen LogP contribution in [0, 0.1) is 11.7 Å². The maximum Gasteiger partial charge on any atom is 0.263 e. The van der Waals surface area contributed by atoms with E-state index in [0.717, 1.165) is 37.7 Å². The van der Waals surface area contributed by atoms with Crippen molar-refractivity contribution in [2.24, 2.45) is 5.92 Å². The SMILES string of the molecule is CC1CCN(c2nccnc2Oc2ccc(C(=O)NCc3ccccc3F)cc2)CC1. The first kappa shape index (κ1) is 20.8. The molecular formula is C24H25FN4O2. The monoisotopic (exact) mass is 420 g/mol. The Bertz CT molecular complexity index is 1030. The Hall–Kier alpha value is -3.48. The van der Waals surface area contributed by atoms with E-state index in [1.165, 1.54) is 6.07 Å². The molecular weight excluding hydrogens is 395 g/mol. The van der Waals surface area contributed by atoms with Crippen LogP contribution in [-0.2, 0) is 6.54 Å². The highest BCUT2D eigenvalue weighted by molar-refractivity contribution is 5.94. The lowest BCUT2D eigenvalue weighted by atomic mass is 9.99. The maximum atomic E-state index is 13.7. The predicted molar refractivity (Wildman–Crippen MR) is 117 cm³/mol. The van der Waals surface area contributed by atoms with Gasteiger partial charge in [-0.1, -0.05) is 25.1 Å². The molecule has 1 aliphatic rings. The fraction of sp³-hybridized carbons (Fsp3) is 0.292. The summed E-state index contributed by atoms with van der Waals surface area (Å²) in [5.41, 5.74) is 0.908. The molecule has 3 aromatic rings. The van der Waals surface area contributed by atoms with Crippen molar-refractivity contribution < 1.29 is 13.9 Å². The molecule has 0 radical (unpaired) electrons. The van der Waals surface area contributed by atoms with Crippen LogP contribution in [0.3, 0.4) is 0 Å². The number of hydrogen-bond acceptors (Lipinski definition) is 5. The van der Waals surface area contributed by atoms with Crippen molar-refractivity contribution in [2.45, 2.75) is 26.3 Å². The predicted octanol–water partition coefficient (Wildman–Crippen LogP) is 4.57. The number of aromatic nitrogens is 2. The van der Waals surface area contributed by atoms with Gasteiger partial charge < -0.3 is 15.0 Å². The Kier molecular flexibility index (Phi) is 6.40. The highest BCUT2D eigenvalue weighted by Gasteiger charge is 2.21. The highest BCUT2D eigenvalue weighted by atomic mass is 19.1. The van der Waals surface area contributed by atoms with Crippen molar-refractivity contribution in [1.29, 1.82) is 0 Å². The van der Waals surface area contributed by atoms with E-state index in [1.54, 1.807) is 54.9 Å². The summed E-state index contributed by atoms with van der Waals surface area (Å²) in [6.07, 6.45) is 5.51. The van der Waals surface area contributed by atoms with Crippen LogP contribution in [0.2, 0.25) is 0 Å². The van der Waals surface area contributed by atoms with Gasteiger partial charge in [-0.15, -0.1) is 0 Å². The van der Waals surface area contributed by atoms with Gasteiger partial charge in [-0.3, -0.25) is 4.79 Å². The Labute approximate surface area is 181 Å². The van der Waals surface area contributed by atoms with E-state index in [4.69, 9.17) is 4.74 Å².